The molecule has 0 aliphatic carbocycles. The highest BCUT2D eigenvalue weighted by atomic mass is 79.9. The third-order valence-corrected chi connectivity index (χ3v) is 5.48. The predicted molar refractivity (Wildman–Crippen MR) is 84.9 cm³/mol. The van der Waals surface area contributed by atoms with Crippen LogP contribution in [0.2, 0.25) is 0 Å². The van der Waals surface area contributed by atoms with Crippen molar-refractivity contribution in [1.29, 1.82) is 0 Å². The zero-order valence-corrected chi connectivity index (χ0v) is 13.6. The van der Waals surface area contributed by atoms with E-state index in [1.54, 1.807) is 24.3 Å². The molecule has 0 unspecified atom stereocenters. The summed E-state index contributed by atoms with van der Waals surface area (Å²) in [6.07, 6.45) is 0. The third-order valence-electron chi connectivity index (χ3n) is 2.97. The summed E-state index contributed by atoms with van der Waals surface area (Å²) in [7, 11) is -0.358. The molecular weight excluding hydrogens is 340 g/mol. The fourth-order valence-electron chi connectivity index (χ4n) is 1.74. The van der Waals surface area contributed by atoms with Crippen LogP contribution in [0.3, 0.4) is 0 Å². The molecule has 0 radical (unpaired) electrons. The topological polar surface area (TPSA) is 63.4 Å². The van der Waals surface area contributed by atoms with Crippen LogP contribution < -0.4 is 5.73 Å². The Bertz CT molecular complexity index is 725. The molecular formula is C14H15BrN2O2S. The molecule has 0 aromatic heterocycles. The maximum atomic E-state index is 12.0. The van der Waals surface area contributed by atoms with Crippen molar-refractivity contribution in [2.24, 2.45) is 0 Å². The van der Waals surface area contributed by atoms with E-state index in [1.807, 2.05) is 18.2 Å². The highest BCUT2D eigenvalue weighted by molar-refractivity contribution is 9.10. The Kier molecular flexibility index (Phi) is 4.17. The van der Waals surface area contributed by atoms with Crippen LogP contribution >= 0.6 is 15.9 Å². The predicted octanol–water partition coefficient (Wildman–Crippen LogP) is 2.95. The second-order valence-electron chi connectivity index (χ2n) is 4.55. The summed E-state index contributed by atoms with van der Waals surface area (Å²) >= 11 is 3.38. The van der Waals surface area contributed by atoms with Gasteiger partial charge in [0.25, 0.3) is 0 Å². The van der Waals surface area contributed by atoms with Crippen LogP contribution in [0.1, 0.15) is 0 Å². The minimum Gasteiger partial charge on any atom is -0.398 e. The van der Waals surface area contributed by atoms with Crippen molar-refractivity contribution in [1.82, 2.24) is 4.31 Å². The van der Waals surface area contributed by atoms with E-state index >= 15 is 0 Å². The number of nitrogen functional groups attached to an aromatic ring is 1. The summed E-state index contributed by atoms with van der Waals surface area (Å²) in [4.78, 5) is 0.278. The summed E-state index contributed by atoms with van der Waals surface area (Å²) in [5, 5.41) is 0. The molecule has 2 N–H and O–H groups in total. The van der Waals surface area contributed by atoms with Crippen LogP contribution in [-0.4, -0.2) is 26.8 Å². The summed E-state index contributed by atoms with van der Waals surface area (Å²) in [6.45, 7) is 0. The lowest BCUT2D eigenvalue weighted by atomic mass is 10.1. The van der Waals surface area contributed by atoms with Crippen LogP contribution in [-0.2, 0) is 10.0 Å². The normalized spacial score (nSPS) is 11.8. The minimum absolute atomic E-state index is 0.278. The highest BCUT2D eigenvalue weighted by Crippen LogP contribution is 2.28. The monoisotopic (exact) mass is 354 g/mol. The lowest BCUT2D eigenvalue weighted by Gasteiger charge is -2.12. The van der Waals surface area contributed by atoms with Gasteiger partial charge in [-0.2, -0.15) is 0 Å². The van der Waals surface area contributed by atoms with Gasteiger partial charge in [-0.3, -0.25) is 0 Å². The molecule has 0 fully saturated rings. The van der Waals surface area contributed by atoms with Crippen molar-refractivity contribution in [3.8, 4) is 11.1 Å². The Hall–Kier alpha value is -1.37. The van der Waals surface area contributed by atoms with Gasteiger partial charge < -0.3 is 5.73 Å². The molecule has 0 atom stereocenters. The Morgan fingerprint density at radius 2 is 1.55 bits per heavy atom. The second-order valence-corrected chi connectivity index (χ2v) is 7.55. The molecule has 0 bridgehead atoms. The molecule has 0 aliphatic heterocycles. The van der Waals surface area contributed by atoms with Gasteiger partial charge in [0.1, 0.15) is 0 Å². The molecule has 0 spiro atoms. The molecule has 2 aromatic carbocycles. The standard InChI is InChI=1S/C14H15BrN2O2S/c1-17(2)20(18,19)12-6-3-10(4-7-12)11-5-8-14(16)13(15)9-11/h3-9H,16H2,1-2H3. The number of rotatable bonds is 3. The fourth-order valence-corrected chi connectivity index (χ4v) is 3.02. The van der Waals surface area contributed by atoms with Crippen molar-refractivity contribution in [2.45, 2.75) is 4.90 Å². The van der Waals surface area contributed by atoms with Gasteiger partial charge in [-0.1, -0.05) is 18.2 Å². The Balaban J connectivity index is 2.40. The van der Waals surface area contributed by atoms with Crippen molar-refractivity contribution in [3.05, 3.63) is 46.9 Å². The average molecular weight is 355 g/mol. The van der Waals surface area contributed by atoms with E-state index in [4.69, 9.17) is 5.73 Å². The lowest BCUT2D eigenvalue weighted by molar-refractivity contribution is 0.521. The highest BCUT2D eigenvalue weighted by Gasteiger charge is 2.16. The van der Waals surface area contributed by atoms with Gasteiger partial charge in [0.2, 0.25) is 10.0 Å². The number of halogens is 1. The van der Waals surface area contributed by atoms with Crippen molar-refractivity contribution >= 4 is 31.6 Å². The molecule has 0 aliphatic rings. The van der Waals surface area contributed by atoms with E-state index in [0.29, 0.717) is 5.69 Å². The second kappa shape index (κ2) is 5.55. The number of nitrogens with two attached hydrogens (primary N) is 1. The fraction of sp³-hybridized carbons (Fsp3) is 0.143. The van der Waals surface area contributed by atoms with Gasteiger partial charge in [-0.25, -0.2) is 12.7 Å². The summed E-state index contributed by atoms with van der Waals surface area (Å²) in [5.74, 6) is 0. The molecule has 6 heteroatoms. The smallest absolute Gasteiger partial charge is 0.242 e. The quantitative estimate of drug-likeness (QED) is 0.861. The zero-order valence-electron chi connectivity index (χ0n) is 11.2. The Morgan fingerprint density at radius 1 is 1.00 bits per heavy atom. The van der Waals surface area contributed by atoms with Gasteiger partial charge in [-0.05, 0) is 51.3 Å². The Morgan fingerprint density at radius 3 is 2.05 bits per heavy atom. The lowest BCUT2D eigenvalue weighted by Crippen LogP contribution is -2.22. The molecule has 4 nitrogen and oxygen atoms in total. The summed E-state index contributed by atoms with van der Waals surface area (Å²) < 4.78 is 26.0. The van der Waals surface area contributed by atoms with E-state index < -0.39 is 10.0 Å². The van der Waals surface area contributed by atoms with E-state index in [9.17, 15) is 8.42 Å². The molecule has 0 amide bonds. The first kappa shape index (κ1) is 15.0. The minimum atomic E-state index is -3.39. The maximum absolute atomic E-state index is 12.0. The molecule has 0 saturated heterocycles. The first-order valence-electron chi connectivity index (χ1n) is 5.90. The van der Waals surface area contributed by atoms with Crippen molar-refractivity contribution in [2.75, 3.05) is 19.8 Å². The number of nitrogens with zero attached hydrogens (tertiary/aromatic N) is 1. The van der Waals surface area contributed by atoms with E-state index in [1.165, 1.54) is 18.4 Å². The third kappa shape index (κ3) is 2.87. The largest absolute Gasteiger partial charge is 0.398 e. The van der Waals surface area contributed by atoms with E-state index in [2.05, 4.69) is 15.9 Å². The number of anilines is 1. The number of benzene rings is 2. The number of hydrogen-bond acceptors (Lipinski definition) is 3. The summed E-state index contributed by atoms with van der Waals surface area (Å²) in [6, 6.07) is 12.4. The van der Waals surface area contributed by atoms with Gasteiger partial charge in [0.15, 0.2) is 0 Å². The van der Waals surface area contributed by atoms with Gasteiger partial charge in [-0.15, -0.1) is 0 Å². The van der Waals surface area contributed by atoms with E-state index in [0.717, 1.165) is 15.6 Å². The maximum Gasteiger partial charge on any atom is 0.242 e. The van der Waals surface area contributed by atoms with Crippen LogP contribution in [0, 0.1) is 0 Å². The van der Waals surface area contributed by atoms with Gasteiger partial charge >= 0.3 is 0 Å². The molecule has 106 valence electrons. The van der Waals surface area contributed by atoms with Crippen molar-refractivity contribution in [3.63, 3.8) is 0 Å². The average Bonchev–Trinajstić information content (AvgIpc) is 2.42. The van der Waals surface area contributed by atoms with Crippen molar-refractivity contribution < 1.29 is 8.42 Å². The molecule has 2 rings (SSSR count). The molecule has 0 heterocycles. The first-order valence-corrected chi connectivity index (χ1v) is 8.13. The molecule has 2 aromatic rings. The van der Waals surface area contributed by atoms with Gasteiger partial charge in [0, 0.05) is 24.3 Å². The summed E-state index contributed by atoms with van der Waals surface area (Å²) in [5.41, 5.74) is 8.32. The molecule has 20 heavy (non-hydrogen) atoms. The van der Waals surface area contributed by atoms with Crippen LogP contribution in [0.5, 0.6) is 0 Å². The number of hydrogen-bond donors (Lipinski definition) is 1. The van der Waals surface area contributed by atoms with Crippen LogP contribution in [0.25, 0.3) is 11.1 Å². The Labute approximate surface area is 127 Å². The molecule has 0 saturated carbocycles. The number of sulfonamides is 1. The van der Waals surface area contributed by atoms with E-state index in [-0.39, 0.29) is 4.90 Å². The van der Waals surface area contributed by atoms with Crippen LogP contribution in [0.15, 0.2) is 51.8 Å². The van der Waals surface area contributed by atoms with Crippen LogP contribution in [0.4, 0.5) is 5.69 Å². The van der Waals surface area contributed by atoms with Gasteiger partial charge in [0.05, 0.1) is 4.90 Å². The SMILES string of the molecule is CN(C)S(=O)(=O)c1ccc(-c2ccc(N)c(Br)c2)cc1. The first-order chi connectivity index (χ1) is 9.32. The zero-order chi connectivity index (χ0) is 14.9.